The molecule has 0 unspecified atom stereocenters. The van der Waals surface area contributed by atoms with E-state index in [2.05, 4.69) is 0 Å². The van der Waals surface area contributed by atoms with Crippen molar-refractivity contribution in [2.24, 2.45) is 5.73 Å². The van der Waals surface area contributed by atoms with Gasteiger partial charge in [-0.05, 0) is 35.9 Å². The van der Waals surface area contributed by atoms with E-state index in [9.17, 15) is 8.78 Å². The van der Waals surface area contributed by atoms with Gasteiger partial charge >= 0.3 is 0 Å². The van der Waals surface area contributed by atoms with Crippen molar-refractivity contribution in [3.8, 4) is 11.1 Å². The first-order chi connectivity index (χ1) is 8.11. The molecule has 2 rings (SSSR count). The molecule has 0 saturated heterocycles. The highest BCUT2D eigenvalue weighted by Gasteiger charge is 2.10. The van der Waals surface area contributed by atoms with E-state index in [1.54, 1.807) is 12.1 Å². The van der Waals surface area contributed by atoms with E-state index >= 15 is 0 Å². The van der Waals surface area contributed by atoms with E-state index < -0.39 is 11.6 Å². The second-order valence-electron chi connectivity index (χ2n) is 3.64. The van der Waals surface area contributed by atoms with Gasteiger partial charge in [0.05, 0.1) is 0 Å². The Morgan fingerprint density at radius 2 is 1.72 bits per heavy atom. The normalized spacial score (nSPS) is 10.0. The molecule has 5 heteroatoms. The molecule has 2 aromatic carbocycles. The minimum atomic E-state index is -0.457. The molecule has 0 atom stereocenters. The number of rotatable bonds is 2. The Hall–Kier alpha value is -1.16. The lowest BCUT2D eigenvalue weighted by Gasteiger charge is -2.08. The van der Waals surface area contributed by atoms with Gasteiger partial charge in [-0.15, -0.1) is 12.4 Å². The molecular formula is C13H11Cl2F2N. The predicted octanol–water partition coefficient (Wildman–Crippen LogP) is 4.17. The van der Waals surface area contributed by atoms with Crippen LogP contribution in [0.2, 0.25) is 5.02 Å². The average Bonchev–Trinajstić information content (AvgIpc) is 2.33. The molecule has 2 N–H and O–H groups in total. The topological polar surface area (TPSA) is 26.0 Å². The van der Waals surface area contributed by atoms with Gasteiger partial charge in [0.15, 0.2) is 0 Å². The van der Waals surface area contributed by atoms with Crippen molar-refractivity contribution in [3.05, 3.63) is 58.6 Å². The van der Waals surface area contributed by atoms with Crippen LogP contribution in [0.15, 0.2) is 36.4 Å². The Labute approximate surface area is 115 Å². The van der Waals surface area contributed by atoms with Crippen LogP contribution in [0.5, 0.6) is 0 Å². The summed E-state index contributed by atoms with van der Waals surface area (Å²) in [6.07, 6.45) is 0. The molecule has 0 bridgehead atoms. The fourth-order valence-corrected chi connectivity index (χ4v) is 1.83. The van der Waals surface area contributed by atoms with Gasteiger partial charge in [-0.25, -0.2) is 8.78 Å². The van der Waals surface area contributed by atoms with Crippen LogP contribution in [0.25, 0.3) is 11.1 Å². The molecule has 96 valence electrons. The van der Waals surface area contributed by atoms with E-state index in [-0.39, 0.29) is 18.0 Å². The van der Waals surface area contributed by atoms with Gasteiger partial charge in [-0.1, -0.05) is 17.7 Å². The Kier molecular flexibility index (Phi) is 5.08. The van der Waals surface area contributed by atoms with Crippen LogP contribution in [0.1, 0.15) is 5.56 Å². The highest BCUT2D eigenvalue weighted by molar-refractivity contribution is 6.33. The summed E-state index contributed by atoms with van der Waals surface area (Å²) in [5.74, 6) is -0.906. The third-order valence-electron chi connectivity index (χ3n) is 2.49. The smallest absolute Gasteiger partial charge is 0.131 e. The molecule has 0 fully saturated rings. The summed E-state index contributed by atoms with van der Waals surface area (Å²) in [5, 5.41) is 0.305. The molecule has 2 aromatic rings. The molecule has 0 saturated carbocycles. The molecule has 0 spiro atoms. The van der Waals surface area contributed by atoms with Crippen molar-refractivity contribution in [2.75, 3.05) is 0 Å². The Balaban J connectivity index is 0.00000162. The second kappa shape index (κ2) is 6.14. The zero-order valence-corrected chi connectivity index (χ0v) is 10.9. The van der Waals surface area contributed by atoms with Gasteiger partial charge in [-0.3, -0.25) is 0 Å². The maximum absolute atomic E-state index is 13.7. The highest BCUT2D eigenvalue weighted by atomic mass is 35.5. The predicted molar refractivity (Wildman–Crippen MR) is 71.9 cm³/mol. The van der Waals surface area contributed by atoms with Gasteiger partial charge in [0, 0.05) is 22.7 Å². The molecule has 0 amide bonds. The summed E-state index contributed by atoms with van der Waals surface area (Å²) in [5.41, 5.74) is 6.85. The fraction of sp³-hybridized carbons (Fsp3) is 0.0769. The minimum Gasteiger partial charge on any atom is -0.326 e. The highest BCUT2D eigenvalue weighted by Crippen LogP contribution is 2.31. The summed E-state index contributed by atoms with van der Waals surface area (Å²) in [7, 11) is 0. The molecule has 0 aliphatic carbocycles. The van der Waals surface area contributed by atoms with Gasteiger partial charge in [0.25, 0.3) is 0 Å². The van der Waals surface area contributed by atoms with E-state index in [0.717, 1.165) is 5.56 Å². The first-order valence-electron chi connectivity index (χ1n) is 5.05. The maximum Gasteiger partial charge on any atom is 0.131 e. The first kappa shape index (κ1) is 14.9. The Morgan fingerprint density at radius 3 is 2.39 bits per heavy atom. The van der Waals surface area contributed by atoms with Crippen LogP contribution in [-0.2, 0) is 6.54 Å². The molecule has 0 aliphatic rings. The van der Waals surface area contributed by atoms with E-state index in [1.165, 1.54) is 24.3 Å². The summed E-state index contributed by atoms with van der Waals surface area (Å²) < 4.78 is 26.8. The molecule has 0 radical (unpaired) electrons. The number of benzene rings is 2. The van der Waals surface area contributed by atoms with Crippen molar-refractivity contribution in [3.63, 3.8) is 0 Å². The van der Waals surface area contributed by atoms with Crippen molar-refractivity contribution < 1.29 is 8.78 Å². The standard InChI is InChI=1S/C13H10ClF2N.ClH/c14-12-3-2-9(15)6-10(12)11-5-8(7-17)1-4-13(11)16;/h1-6H,7,17H2;1H. The van der Waals surface area contributed by atoms with Crippen molar-refractivity contribution >= 4 is 24.0 Å². The SMILES string of the molecule is Cl.NCc1ccc(F)c(-c2cc(F)ccc2Cl)c1. The van der Waals surface area contributed by atoms with Crippen LogP contribution in [0, 0.1) is 11.6 Å². The third-order valence-corrected chi connectivity index (χ3v) is 2.81. The van der Waals surface area contributed by atoms with Gasteiger partial charge < -0.3 is 5.73 Å². The second-order valence-corrected chi connectivity index (χ2v) is 4.05. The summed E-state index contributed by atoms with van der Waals surface area (Å²) in [6, 6.07) is 8.32. The molecule has 0 aliphatic heterocycles. The zero-order chi connectivity index (χ0) is 12.4. The van der Waals surface area contributed by atoms with Crippen LogP contribution < -0.4 is 5.73 Å². The number of nitrogens with two attached hydrogens (primary N) is 1. The van der Waals surface area contributed by atoms with Crippen molar-refractivity contribution in [1.82, 2.24) is 0 Å². The van der Waals surface area contributed by atoms with E-state index in [4.69, 9.17) is 17.3 Å². The quantitative estimate of drug-likeness (QED) is 0.882. The largest absolute Gasteiger partial charge is 0.326 e. The van der Waals surface area contributed by atoms with Gasteiger partial charge in [0.2, 0.25) is 0 Å². The first-order valence-corrected chi connectivity index (χ1v) is 5.43. The Morgan fingerprint density at radius 1 is 1.00 bits per heavy atom. The lowest BCUT2D eigenvalue weighted by atomic mass is 10.0. The number of halogens is 4. The van der Waals surface area contributed by atoms with E-state index in [1.807, 2.05) is 0 Å². The number of hydrogen-bond acceptors (Lipinski definition) is 1. The van der Waals surface area contributed by atoms with Crippen LogP contribution in [0.4, 0.5) is 8.78 Å². The number of hydrogen-bond donors (Lipinski definition) is 1. The zero-order valence-electron chi connectivity index (χ0n) is 9.29. The van der Waals surface area contributed by atoms with E-state index in [0.29, 0.717) is 17.1 Å². The average molecular weight is 290 g/mol. The summed E-state index contributed by atoms with van der Waals surface area (Å²) in [6.45, 7) is 0.292. The maximum atomic E-state index is 13.7. The van der Waals surface area contributed by atoms with Crippen molar-refractivity contribution in [1.29, 1.82) is 0 Å². The minimum absolute atomic E-state index is 0. The van der Waals surface area contributed by atoms with Crippen molar-refractivity contribution in [2.45, 2.75) is 6.54 Å². The Bertz CT molecular complexity index is 559. The van der Waals surface area contributed by atoms with Crippen LogP contribution >= 0.6 is 24.0 Å². The molecule has 1 nitrogen and oxygen atoms in total. The molecule has 0 heterocycles. The summed E-state index contributed by atoms with van der Waals surface area (Å²) >= 11 is 5.93. The lowest BCUT2D eigenvalue weighted by molar-refractivity contribution is 0.624. The van der Waals surface area contributed by atoms with Crippen LogP contribution in [0.3, 0.4) is 0 Å². The van der Waals surface area contributed by atoms with Gasteiger partial charge in [0.1, 0.15) is 11.6 Å². The molecule has 18 heavy (non-hydrogen) atoms. The monoisotopic (exact) mass is 289 g/mol. The molecule has 0 aromatic heterocycles. The third kappa shape index (κ3) is 2.99. The molecular weight excluding hydrogens is 279 g/mol. The van der Waals surface area contributed by atoms with Crippen LogP contribution in [-0.4, -0.2) is 0 Å². The summed E-state index contributed by atoms with van der Waals surface area (Å²) in [4.78, 5) is 0. The lowest BCUT2D eigenvalue weighted by Crippen LogP contribution is -1.97. The van der Waals surface area contributed by atoms with Gasteiger partial charge in [-0.2, -0.15) is 0 Å². The fourth-order valence-electron chi connectivity index (χ4n) is 1.61.